The molecule has 138 valence electrons. The number of aromatic nitrogens is 2. The molecule has 3 N–H and O–H groups in total. The fraction of sp³-hybridized carbons (Fsp3) is 0.444. The van der Waals surface area contributed by atoms with E-state index in [9.17, 15) is 9.18 Å². The number of carbonyl (C=O) groups is 1. The Morgan fingerprint density at radius 3 is 2.69 bits per heavy atom. The zero-order chi connectivity index (χ0) is 18.4. The number of hydrogen-bond acceptors (Lipinski definition) is 5. The second-order valence-electron chi connectivity index (χ2n) is 6.90. The summed E-state index contributed by atoms with van der Waals surface area (Å²) in [5, 5.41) is 7.89. The van der Waals surface area contributed by atoms with Gasteiger partial charge in [0, 0.05) is 28.5 Å². The predicted molar refractivity (Wildman–Crippen MR) is 99.3 cm³/mol. The van der Waals surface area contributed by atoms with Crippen molar-refractivity contribution in [3.05, 3.63) is 47.0 Å². The molecule has 2 aliphatic rings. The van der Waals surface area contributed by atoms with E-state index in [2.05, 4.69) is 23.1 Å². The second-order valence-corrected chi connectivity index (χ2v) is 8.03. The van der Waals surface area contributed by atoms with E-state index in [-0.39, 0.29) is 35.1 Å². The number of fused-ring (bicyclic) bond motifs is 1. The van der Waals surface area contributed by atoms with E-state index in [4.69, 9.17) is 5.10 Å². The molecule has 2 fully saturated rings. The van der Waals surface area contributed by atoms with Gasteiger partial charge in [-0.2, -0.15) is 5.10 Å². The van der Waals surface area contributed by atoms with Gasteiger partial charge in [0.15, 0.2) is 0 Å². The van der Waals surface area contributed by atoms with Crippen LogP contribution in [0, 0.1) is 25.6 Å². The highest BCUT2D eigenvalue weighted by Gasteiger charge is 2.44. The van der Waals surface area contributed by atoms with Gasteiger partial charge >= 0.3 is 0 Å². The highest BCUT2D eigenvalue weighted by atomic mass is 32.2. The number of hydrazine groups is 1. The van der Waals surface area contributed by atoms with Crippen LogP contribution in [0.15, 0.2) is 24.3 Å². The molecule has 0 spiro atoms. The average molecular weight is 375 g/mol. The van der Waals surface area contributed by atoms with Crippen molar-refractivity contribution in [1.29, 1.82) is 0 Å². The van der Waals surface area contributed by atoms with Crippen LogP contribution in [-0.2, 0) is 4.79 Å². The summed E-state index contributed by atoms with van der Waals surface area (Å²) in [5.74, 6) is 0.401. The minimum atomic E-state index is -0.265. The van der Waals surface area contributed by atoms with Crippen molar-refractivity contribution in [2.24, 2.45) is 5.92 Å². The fourth-order valence-electron chi connectivity index (χ4n) is 3.94. The maximum absolute atomic E-state index is 13.3. The van der Waals surface area contributed by atoms with Crippen LogP contribution in [0.1, 0.15) is 29.1 Å². The lowest BCUT2D eigenvalue weighted by Crippen LogP contribution is -2.46. The zero-order valence-electron chi connectivity index (χ0n) is 14.9. The van der Waals surface area contributed by atoms with Crippen molar-refractivity contribution in [2.75, 3.05) is 5.75 Å². The van der Waals surface area contributed by atoms with Crippen molar-refractivity contribution in [1.82, 2.24) is 25.9 Å². The van der Waals surface area contributed by atoms with Crippen molar-refractivity contribution in [2.45, 2.75) is 38.2 Å². The van der Waals surface area contributed by atoms with Crippen LogP contribution < -0.4 is 16.2 Å². The molecule has 6 nitrogen and oxygen atoms in total. The first kappa shape index (κ1) is 17.5. The quantitative estimate of drug-likeness (QED) is 0.749. The van der Waals surface area contributed by atoms with E-state index in [0.717, 1.165) is 22.6 Å². The summed E-state index contributed by atoms with van der Waals surface area (Å²) in [5.41, 5.74) is 10.4. The van der Waals surface area contributed by atoms with Gasteiger partial charge < -0.3 is 5.32 Å². The predicted octanol–water partition coefficient (Wildman–Crippen LogP) is 1.97. The molecule has 3 heterocycles. The number of aryl methyl sites for hydroxylation is 1. The molecule has 26 heavy (non-hydrogen) atoms. The van der Waals surface area contributed by atoms with Crippen LogP contribution in [-0.4, -0.2) is 33.6 Å². The molecule has 1 aromatic heterocycles. The van der Waals surface area contributed by atoms with Crippen molar-refractivity contribution >= 4 is 17.7 Å². The molecule has 4 unspecified atom stereocenters. The Bertz CT molecular complexity index is 837. The minimum Gasteiger partial charge on any atom is -0.338 e. The van der Waals surface area contributed by atoms with Gasteiger partial charge in [-0.3, -0.25) is 10.2 Å². The number of nitrogens with zero attached hydrogens (tertiary/aromatic N) is 2. The normalized spacial score (nSPS) is 28.5. The third-order valence-electron chi connectivity index (χ3n) is 5.19. The second kappa shape index (κ2) is 6.68. The van der Waals surface area contributed by atoms with E-state index < -0.39 is 0 Å². The summed E-state index contributed by atoms with van der Waals surface area (Å²) in [6, 6.07) is 6.56. The maximum Gasteiger partial charge on any atom is 0.231 e. The van der Waals surface area contributed by atoms with Crippen LogP contribution in [0.3, 0.4) is 0 Å². The summed E-state index contributed by atoms with van der Waals surface area (Å²) in [6.07, 6.45) is -0.106. The minimum absolute atomic E-state index is 0.0390. The first-order valence-corrected chi connectivity index (χ1v) is 9.74. The number of nitrogens with one attached hydrogen (secondary N) is 3. The fourth-order valence-corrected chi connectivity index (χ4v) is 5.48. The molecule has 1 amide bonds. The van der Waals surface area contributed by atoms with E-state index in [0.29, 0.717) is 5.75 Å². The van der Waals surface area contributed by atoms with Crippen molar-refractivity contribution < 1.29 is 9.18 Å². The van der Waals surface area contributed by atoms with Crippen molar-refractivity contribution in [3.8, 4) is 5.69 Å². The third kappa shape index (κ3) is 2.91. The van der Waals surface area contributed by atoms with Gasteiger partial charge in [0.2, 0.25) is 5.91 Å². The van der Waals surface area contributed by atoms with Gasteiger partial charge in [0.25, 0.3) is 0 Å². The Balaban J connectivity index is 1.77. The van der Waals surface area contributed by atoms with Crippen LogP contribution in [0.2, 0.25) is 0 Å². The molecule has 0 aliphatic carbocycles. The van der Waals surface area contributed by atoms with Gasteiger partial charge in [0.1, 0.15) is 5.82 Å². The Morgan fingerprint density at radius 1 is 1.23 bits per heavy atom. The van der Waals surface area contributed by atoms with Crippen LogP contribution in [0.25, 0.3) is 5.69 Å². The summed E-state index contributed by atoms with van der Waals surface area (Å²) in [4.78, 5) is 12.1. The van der Waals surface area contributed by atoms with Crippen molar-refractivity contribution in [3.63, 3.8) is 0 Å². The molecule has 8 heteroatoms. The number of rotatable bonds is 2. The Kier molecular flexibility index (Phi) is 4.50. The molecule has 4 atom stereocenters. The number of hydrogen-bond donors (Lipinski definition) is 3. The number of amides is 1. The zero-order valence-corrected chi connectivity index (χ0v) is 15.7. The Morgan fingerprint density at radius 2 is 1.96 bits per heavy atom. The first-order chi connectivity index (χ1) is 12.5. The highest BCUT2D eigenvalue weighted by molar-refractivity contribution is 8.00. The molecule has 1 aromatic carbocycles. The molecule has 0 bridgehead atoms. The summed E-state index contributed by atoms with van der Waals surface area (Å²) >= 11 is 1.66. The topological polar surface area (TPSA) is 71.0 Å². The Labute approximate surface area is 155 Å². The lowest BCUT2D eigenvalue weighted by atomic mass is 9.90. The third-order valence-corrected chi connectivity index (χ3v) is 6.53. The van der Waals surface area contributed by atoms with Gasteiger partial charge in [-0.1, -0.05) is 0 Å². The van der Waals surface area contributed by atoms with E-state index in [1.807, 2.05) is 18.5 Å². The number of carbonyl (C=O) groups excluding carboxylic acids is 1. The molecule has 0 radical (unpaired) electrons. The number of benzene rings is 1. The van der Waals surface area contributed by atoms with Gasteiger partial charge in [-0.05, 0) is 45.0 Å². The van der Waals surface area contributed by atoms with E-state index >= 15 is 0 Å². The molecule has 2 aromatic rings. The maximum atomic E-state index is 13.3. The molecular formula is C18H22FN5OS. The van der Waals surface area contributed by atoms with E-state index in [1.165, 1.54) is 12.1 Å². The standard InChI is InChI=1S/C18H22FN5OS/c1-9-16-17(26-8-14(25)20-18(16)22-21-9)15-10(2)23-24(11(15)3)13-6-4-12(19)5-7-13/h4-7,9,16-18,21-22H,8H2,1-3H3,(H,20,25). The summed E-state index contributed by atoms with van der Waals surface area (Å²) in [6.45, 7) is 6.16. The number of thioether (sulfide) groups is 1. The molecular weight excluding hydrogens is 353 g/mol. The lowest BCUT2D eigenvalue weighted by Gasteiger charge is -2.27. The molecule has 2 aliphatic heterocycles. The summed E-state index contributed by atoms with van der Waals surface area (Å²) < 4.78 is 15.1. The largest absolute Gasteiger partial charge is 0.338 e. The molecule has 0 saturated carbocycles. The van der Waals surface area contributed by atoms with Crippen LogP contribution in [0.5, 0.6) is 0 Å². The monoisotopic (exact) mass is 375 g/mol. The Hall–Kier alpha value is -1.90. The molecule has 2 saturated heterocycles. The SMILES string of the molecule is Cc1nn(-c2ccc(F)cc2)c(C)c1C1SCC(=O)NC2NNC(C)C21. The van der Waals surface area contributed by atoms with Gasteiger partial charge in [-0.25, -0.2) is 14.5 Å². The number of halogens is 1. The highest BCUT2D eigenvalue weighted by Crippen LogP contribution is 2.44. The smallest absolute Gasteiger partial charge is 0.231 e. The lowest BCUT2D eigenvalue weighted by molar-refractivity contribution is -0.119. The van der Waals surface area contributed by atoms with E-state index in [1.54, 1.807) is 23.9 Å². The van der Waals surface area contributed by atoms with Gasteiger partial charge in [-0.15, -0.1) is 11.8 Å². The molecule has 4 rings (SSSR count). The first-order valence-electron chi connectivity index (χ1n) is 8.70. The van der Waals surface area contributed by atoms with Crippen LogP contribution >= 0.6 is 11.8 Å². The van der Waals surface area contributed by atoms with Crippen LogP contribution in [0.4, 0.5) is 4.39 Å². The average Bonchev–Trinajstić information content (AvgIpc) is 3.04. The summed E-state index contributed by atoms with van der Waals surface area (Å²) in [7, 11) is 0. The van der Waals surface area contributed by atoms with Gasteiger partial charge in [0.05, 0.1) is 23.3 Å².